The maximum Gasteiger partial charge on any atom is 0.271 e. The van der Waals surface area contributed by atoms with Gasteiger partial charge in [-0.25, -0.2) is 5.43 Å². The van der Waals surface area contributed by atoms with E-state index >= 15 is 0 Å². The minimum atomic E-state index is -0.211. The van der Waals surface area contributed by atoms with Crippen LogP contribution in [0.5, 0.6) is 0 Å². The van der Waals surface area contributed by atoms with Crippen LogP contribution in [0, 0.1) is 20.8 Å². The van der Waals surface area contributed by atoms with Crippen LogP contribution < -0.4 is 10.3 Å². The summed E-state index contributed by atoms with van der Waals surface area (Å²) in [5.41, 5.74) is 11.9. The van der Waals surface area contributed by atoms with Crippen molar-refractivity contribution in [2.45, 2.75) is 33.9 Å². The van der Waals surface area contributed by atoms with Gasteiger partial charge < -0.3 is 4.90 Å². The summed E-state index contributed by atoms with van der Waals surface area (Å²) < 4.78 is 0. The quantitative estimate of drug-likeness (QED) is 0.515. The zero-order valence-corrected chi connectivity index (χ0v) is 17.1. The Bertz CT molecular complexity index is 1050. The molecule has 0 atom stereocenters. The normalized spacial score (nSPS) is 13.0. The molecule has 0 aliphatic carbocycles. The standard InChI is InChI=1S/C25H25N3O/c1-17-6-4-5-7-21(17)14-26-27-25(29)20-8-10-24(11-9-20)28-15-22-12-18(2)19(3)13-23(22)16-28/h4-14H,15-16H2,1-3H3,(H,27,29). The van der Waals surface area contributed by atoms with Crippen LogP contribution >= 0.6 is 0 Å². The molecule has 0 aromatic heterocycles. The molecule has 1 amide bonds. The van der Waals surface area contributed by atoms with Gasteiger partial charge in [0, 0.05) is 24.3 Å². The number of hydrogen-bond acceptors (Lipinski definition) is 3. The number of rotatable bonds is 4. The summed E-state index contributed by atoms with van der Waals surface area (Å²) in [5.74, 6) is -0.211. The van der Waals surface area contributed by atoms with Crippen LogP contribution in [0.1, 0.15) is 43.7 Å². The molecule has 0 fully saturated rings. The Kier molecular flexibility index (Phi) is 5.17. The number of aryl methyl sites for hydroxylation is 3. The van der Waals surface area contributed by atoms with Crippen molar-refractivity contribution in [3.63, 3.8) is 0 Å². The van der Waals surface area contributed by atoms with E-state index < -0.39 is 0 Å². The van der Waals surface area contributed by atoms with Crippen LogP contribution in [0.4, 0.5) is 5.69 Å². The van der Waals surface area contributed by atoms with Crippen molar-refractivity contribution >= 4 is 17.8 Å². The number of carbonyl (C=O) groups excluding carboxylic acids is 1. The summed E-state index contributed by atoms with van der Waals surface area (Å²) in [5, 5.41) is 4.09. The summed E-state index contributed by atoms with van der Waals surface area (Å²) in [6, 6.07) is 20.2. The van der Waals surface area contributed by atoms with Crippen molar-refractivity contribution in [2.24, 2.45) is 5.10 Å². The van der Waals surface area contributed by atoms with E-state index in [1.165, 1.54) is 22.3 Å². The van der Waals surface area contributed by atoms with Crippen LogP contribution in [0.3, 0.4) is 0 Å². The predicted molar refractivity (Wildman–Crippen MR) is 118 cm³/mol. The largest absolute Gasteiger partial charge is 0.363 e. The molecule has 0 saturated carbocycles. The minimum Gasteiger partial charge on any atom is -0.363 e. The van der Waals surface area contributed by atoms with Crippen molar-refractivity contribution < 1.29 is 4.79 Å². The maximum absolute atomic E-state index is 12.4. The summed E-state index contributed by atoms with van der Waals surface area (Å²) >= 11 is 0. The Morgan fingerprint density at radius 2 is 1.52 bits per heavy atom. The van der Waals surface area contributed by atoms with Crippen LogP contribution in [0.2, 0.25) is 0 Å². The molecule has 0 radical (unpaired) electrons. The van der Waals surface area contributed by atoms with E-state index in [1.54, 1.807) is 6.21 Å². The monoisotopic (exact) mass is 383 g/mol. The van der Waals surface area contributed by atoms with E-state index in [2.05, 4.69) is 41.4 Å². The average molecular weight is 383 g/mol. The van der Waals surface area contributed by atoms with Crippen molar-refractivity contribution in [3.8, 4) is 0 Å². The molecule has 0 saturated heterocycles. The van der Waals surface area contributed by atoms with Crippen LogP contribution in [0.15, 0.2) is 65.8 Å². The Morgan fingerprint density at radius 3 is 2.14 bits per heavy atom. The molecule has 4 rings (SSSR count). The molecule has 146 valence electrons. The van der Waals surface area contributed by atoms with E-state index in [-0.39, 0.29) is 5.91 Å². The first-order chi connectivity index (χ1) is 14.0. The zero-order valence-electron chi connectivity index (χ0n) is 17.1. The minimum absolute atomic E-state index is 0.211. The van der Waals surface area contributed by atoms with Crippen LogP contribution in [-0.4, -0.2) is 12.1 Å². The highest BCUT2D eigenvalue weighted by Crippen LogP contribution is 2.30. The lowest BCUT2D eigenvalue weighted by molar-refractivity contribution is 0.0955. The molecular formula is C25H25N3O. The van der Waals surface area contributed by atoms with Gasteiger partial charge in [0.05, 0.1) is 6.21 Å². The molecule has 1 aliphatic heterocycles. The zero-order chi connectivity index (χ0) is 20.4. The van der Waals surface area contributed by atoms with Gasteiger partial charge >= 0.3 is 0 Å². The van der Waals surface area contributed by atoms with Gasteiger partial charge in [0.15, 0.2) is 0 Å². The Hall–Kier alpha value is -3.40. The van der Waals surface area contributed by atoms with Gasteiger partial charge in [-0.15, -0.1) is 0 Å². The van der Waals surface area contributed by atoms with Crippen LogP contribution in [0.25, 0.3) is 0 Å². The molecule has 1 aliphatic rings. The van der Waals surface area contributed by atoms with Crippen molar-refractivity contribution in [1.29, 1.82) is 0 Å². The van der Waals surface area contributed by atoms with E-state index in [0.717, 1.165) is 29.9 Å². The van der Waals surface area contributed by atoms with Crippen LogP contribution in [-0.2, 0) is 13.1 Å². The van der Waals surface area contributed by atoms with Gasteiger partial charge in [0.2, 0.25) is 0 Å². The summed E-state index contributed by atoms with van der Waals surface area (Å²) in [6.07, 6.45) is 1.67. The number of amides is 1. The second-order valence-corrected chi connectivity index (χ2v) is 7.66. The number of hydrazone groups is 1. The van der Waals surface area contributed by atoms with Crippen molar-refractivity contribution in [1.82, 2.24) is 5.43 Å². The number of carbonyl (C=O) groups is 1. The molecule has 29 heavy (non-hydrogen) atoms. The number of nitrogens with one attached hydrogen (secondary N) is 1. The van der Waals surface area contributed by atoms with Gasteiger partial charge in [0.1, 0.15) is 0 Å². The fourth-order valence-electron chi connectivity index (χ4n) is 3.66. The SMILES string of the molecule is Cc1cc2c(cc1C)CN(c1ccc(C(=O)NN=Cc3ccccc3C)cc1)C2. The highest BCUT2D eigenvalue weighted by atomic mass is 16.2. The highest BCUT2D eigenvalue weighted by Gasteiger charge is 2.20. The summed E-state index contributed by atoms with van der Waals surface area (Å²) in [4.78, 5) is 14.7. The first-order valence-corrected chi connectivity index (χ1v) is 9.84. The van der Waals surface area contributed by atoms with E-state index in [9.17, 15) is 4.79 Å². The Morgan fingerprint density at radius 1 is 0.897 bits per heavy atom. The first kappa shape index (κ1) is 18.9. The number of benzene rings is 3. The second-order valence-electron chi connectivity index (χ2n) is 7.66. The van der Waals surface area contributed by atoms with Crippen molar-refractivity contribution in [2.75, 3.05) is 4.90 Å². The van der Waals surface area contributed by atoms with Gasteiger partial charge in [0.25, 0.3) is 5.91 Å². The molecular weight excluding hydrogens is 358 g/mol. The molecule has 0 unspecified atom stereocenters. The predicted octanol–water partition coefficient (Wildman–Crippen LogP) is 4.90. The number of hydrogen-bond donors (Lipinski definition) is 1. The van der Waals surface area contributed by atoms with Crippen molar-refractivity contribution in [3.05, 3.63) is 99.6 Å². The van der Waals surface area contributed by atoms with Gasteiger partial charge in [-0.3, -0.25) is 4.79 Å². The average Bonchev–Trinajstić information content (AvgIpc) is 3.12. The molecule has 0 bridgehead atoms. The first-order valence-electron chi connectivity index (χ1n) is 9.84. The third kappa shape index (κ3) is 4.06. The highest BCUT2D eigenvalue weighted by molar-refractivity contribution is 5.95. The smallest absolute Gasteiger partial charge is 0.271 e. The van der Waals surface area contributed by atoms with Gasteiger partial charge in [-0.2, -0.15) is 5.10 Å². The van der Waals surface area contributed by atoms with Gasteiger partial charge in [-0.05, 0) is 78.4 Å². The maximum atomic E-state index is 12.4. The molecule has 4 nitrogen and oxygen atoms in total. The van der Waals surface area contributed by atoms with Gasteiger partial charge in [-0.1, -0.05) is 36.4 Å². The van der Waals surface area contributed by atoms with E-state index in [4.69, 9.17) is 0 Å². The van der Waals surface area contributed by atoms with E-state index in [0.29, 0.717) is 5.56 Å². The molecule has 4 heteroatoms. The molecule has 3 aromatic rings. The second kappa shape index (κ2) is 7.92. The molecule has 1 heterocycles. The molecule has 0 spiro atoms. The third-order valence-corrected chi connectivity index (χ3v) is 5.59. The number of anilines is 1. The lowest BCUT2D eigenvalue weighted by atomic mass is 10.0. The fourth-order valence-corrected chi connectivity index (χ4v) is 3.66. The number of nitrogens with zero attached hydrogens (tertiary/aromatic N) is 2. The fraction of sp³-hybridized carbons (Fsp3) is 0.200. The third-order valence-electron chi connectivity index (χ3n) is 5.59. The number of fused-ring (bicyclic) bond motifs is 1. The summed E-state index contributed by atoms with van der Waals surface area (Å²) in [7, 11) is 0. The lowest BCUT2D eigenvalue weighted by Gasteiger charge is -2.17. The Balaban J connectivity index is 1.40. The van der Waals surface area contributed by atoms with E-state index in [1.807, 2.05) is 55.5 Å². The molecule has 1 N–H and O–H groups in total. The Labute approximate surface area is 171 Å². The summed E-state index contributed by atoms with van der Waals surface area (Å²) in [6.45, 7) is 8.15. The molecule has 3 aromatic carbocycles. The topological polar surface area (TPSA) is 44.7 Å². The lowest BCUT2D eigenvalue weighted by Crippen LogP contribution is -2.18.